The van der Waals surface area contributed by atoms with E-state index in [2.05, 4.69) is 9.47 Å². The van der Waals surface area contributed by atoms with Crippen molar-refractivity contribution in [2.75, 3.05) is 26.9 Å². The number of rotatable bonds is 8. The van der Waals surface area contributed by atoms with E-state index in [1.165, 1.54) is 0 Å². The normalized spacial score (nSPS) is 9.21. The fraction of sp³-hybridized carbons (Fsp3) is 0.625. The van der Waals surface area contributed by atoms with E-state index in [4.69, 9.17) is 4.74 Å². The lowest BCUT2D eigenvalue weighted by Gasteiger charge is -2.01. The third kappa shape index (κ3) is 6.13. The number of Topliss-reactive ketones (excluding diaryl/α,β-unsaturated/α-hetero) is 1. The summed E-state index contributed by atoms with van der Waals surface area (Å²) in [5.74, 6) is -1.51. The highest BCUT2D eigenvalue weighted by atomic mass is 16.5. The van der Waals surface area contributed by atoms with Crippen LogP contribution in [0.4, 0.5) is 0 Å². The van der Waals surface area contributed by atoms with E-state index < -0.39 is 11.8 Å². The Morgan fingerprint density at radius 1 is 1.21 bits per heavy atom. The summed E-state index contributed by atoms with van der Waals surface area (Å²) in [6.45, 7) is 0.752. The standard InChI is InChI=1S/C8H12O6/c1-12-8(11)7(10)2-3-13-4-5-14-6-9/h6H,2-5H2,1H3. The van der Waals surface area contributed by atoms with Gasteiger partial charge in [0.05, 0.1) is 20.3 Å². The molecule has 0 spiro atoms. The minimum atomic E-state index is -0.877. The average Bonchev–Trinajstić information content (AvgIpc) is 2.21. The third-order valence-corrected chi connectivity index (χ3v) is 1.30. The molecule has 0 heterocycles. The van der Waals surface area contributed by atoms with Gasteiger partial charge in [0.2, 0.25) is 5.78 Å². The van der Waals surface area contributed by atoms with Crippen molar-refractivity contribution in [1.82, 2.24) is 0 Å². The average molecular weight is 204 g/mol. The lowest BCUT2D eigenvalue weighted by molar-refractivity contribution is -0.152. The highest BCUT2D eigenvalue weighted by molar-refractivity contribution is 6.33. The summed E-state index contributed by atoms with van der Waals surface area (Å²) in [6.07, 6.45) is -0.0340. The minimum Gasteiger partial charge on any atom is -0.465 e. The van der Waals surface area contributed by atoms with Crippen molar-refractivity contribution in [1.29, 1.82) is 0 Å². The van der Waals surface area contributed by atoms with Crippen LogP contribution in [-0.4, -0.2) is 45.2 Å². The van der Waals surface area contributed by atoms with Crippen LogP contribution in [0, 0.1) is 0 Å². The highest BCUT2D eigenvalue weighted by Gasteiger charge is 2.12. The maximum atomic E-state index is 10.8. The number of ketones is 1. The van der Waals surface area contributed by atoms with Crippen LogP contribution < -0.4 is 0 Å². The fourth-order valence-electron chi connectivity index (χ4n) is 0.638. The van der Waals surface area contributed by atoms with Gasteiger partial charge in [-0.25, -0.2) is 4.79 Å². The predicted octanol–water partition coefficient (Wildman–Crippen LogP) is -0.692. The van der Waals surface area contributed by atoms with E-state index >= 15 is 0 Å². The third-order valence-electron chi connectivity index (χ3n) is 1.30. The Balaban J connectivity index is 3.31. The molecule has 0 aliphatic rings. The zero-order chi connectivity index (χ0) is 10.8. The summed E-state index contributed by atoms with van der Waals surface area (Å²) in [6, 6.07) is 0. The first kappa shape index (κ1) is 12.6. The molecule has 0 aliphatic heterocycles. The second-order valence-corrected chi connectivity index (χ2v) is 2.24. The van der Waals surface area contributed by atoms with E-state index in [0.717, 1.165) is 7.11 Å². The van der Waals surface area contributed by atoms with Gasteiger partial charge in [-0.2, -0.15) is 0 Å². The van der Waals surface area contributed by atoms with Gasteiger partial charge in [-0.1, -0.05) is 0 Å². The first-order valence-electron chi connectivity index (χ1n) is 3.96. The number of ether oxygens (including phenoxy) is 3. The van der Waals surface area contributed by atoms with Gasteiger partial charge in [0.1, 0.15) is 6.61 Å². The Labute approximate surface area is 81.1 Å². The molecule has 0 atom stereocenters. The van der Waals surface area contributed by atoms with Crippen molar-refractivity contribution >= 4 is 18.2 Å². The quantitative estimate of drug-likeness (QED) is 0.225. The predicted molar refractivity (Wildman–Crippen MR) is 44.5 cm³/mol. The second kappa shape index (κ2) is 8.18. The van der Waals surface area contributed by atoms with Crippen LogP contribution in [0.15, 0.2) is 0 Å². The van der Waals surface area contributed by atoms with Crippen molar-refractivity contribution in [2.24, 2.45) is 0 Å². The summed E-state index contributed by atoms with van der Waals surface area (Å²) in [4.78, 5) is 31.1. The molecule has 0 aromatic rings. The van der Waals surface area contributed by atoms with E-state index in [0.29, 0.717) is 6.47 Å². The Morgan fingerprint density at radius 2 is 1.93 bits per heavy atom. The molecule has 0 saturated heterocycles. The van der Waals surface area contributed by atoms with Crippen molar-refractivity contribution in [2.45, 2.75) is 6.42 Å². The molecule has 0 radical (unpaired) electrons. The number of hydrogen-bond acceptors (Lipinski definition) is 6. The molecule has 14 heavy (non-hydrogen) atoms. The number of esters is 1. The van der Waals surface area contributed by atoms with Crippen molar-refractivity contribution < 1.29 is 28.6 Å². The molecule has 0 amide bonds. The number of carbonyl (C=O) groups excluding carboxylic acids is 3. The number of hydrogen-bond donors (Lipinski definition) is 0. The summed E-state index contributed by atoms with van der Waals surface area (Å²) in [5.41, 5.74) is 0. The number of methoxy groups -OCH3 is 1. The SMILES string of the molecule is COC(=O)C(=O)CCOCCOC=O. The van der Waals surface area contributed by atoms with Crippen LogP contribution in [0.25, 0.3) is 0 Å². The smallest absolute Gasteiger partial charge is 0.374 e. The van der Waals surface area contributed by atoms with Crippen molar-refractivity contribution in [3.63, 3.8) is 0 Å². The van der Waals surface area contributed by atoms with Crippen LogP contribution in [0.1, 0.15) is 6.42 Å². The molecule has 0 fully saturated rings. The van der Waals surface area contributed by atoms with Gasteiger partial charge >= 0.3 is 5.97 Å². The molecular weight excluding hydrogens is 192 g/mol. The zero-order valence-corrected chi connectivity index (χ0v) is 7.86. The first-order chi connectivity index (χ1) is 6.72. The Hall–Kier alpha value is -1.43. The maximum absolute atomic E-state index is 10.8. The molecular formula is C8H12O6. The lowest BCUT2D eigenvalue weighted by atomic mass is 10.3. The van der Waals surface area contributed by atoms with Gasteiger partial charge in [-0.3, -0.25) is 9.59 Å². The van der Waals surface area contributed by atoms with Crippen LogP contribution in [0.2, 0.25) is 0 Å². The minimum absolute atomic E-state index is 0.0340. The van der Waals surface area contributed by atoms with E-state index in [1.807, 2.05) is 0 Å². The van der Waals surface area contributed by atoms with Gasteiger partial charge in [-0.05, 0) is 0 Å². The molecule has 6 heteroatoms. The molecule has 0 unspecified atom stereocenters. The van der Waals surface area contributed by atoms with Gasteiger partial charge in [-0.15, -0.1) is 0 Å². The Kier molecular flexibility index (Phi) is 7.35. The molecule has 0 saturated carbocycles. The second-order valence-electron chi connectivity index (χ2n) is 2.24. The number of carbonyl (C=O) groups is 3. The summed E-state index contributed by atoms with van der Waals surface area (Å²) < 4.78 is 13.4. The molecule has 0 aromatic heterocycles. The van der Waals surface area contributed by atoms with E-state index in [1.54, 1.807) is 0 Å². The molecule has 0 aromatic carbocycles. The van der Waals surface area contributed by atoms with Gasteiger partial charge in [0.25, 0.3) is 6.47 Å². The van der Waals surface area contributed by atoms with Crippen molar-refractivity contribution in [3.8, 4) is 0 Å². The van der Waals surface area contributed by atoms with Crippen LogP contribution in [0.3, 0.4) is 0 Å². The largest absolute Gasteiger partial charge is 0.465 e. The first-order valence-corrected chi connectivity index (χ1v) is 3.96. The van der Waals surface area contributed by atoms with Gasteiger partial charge in [0.15, 0.2) is 0 Å². The Morgan fingerprint density at radius 3 is 2.50 bits per heavy atom. The van der Waals surface area contributed by atoms with Crippen LogP contribution in [0.5, 0.6) is 0 Å². The highest BCUT2D eigenvalue weighted by Crippen LogP contribution is 1.88. The van der Waals surface area contributed by atoms with Crippen molar-refractivity contribution in [3.05, 3.63) is 0 Å². The zero-order valence-electron chi connectivity index (χ0n) is 7.86. The monoisotopic (exact) mass is 204 g/mol. The summed E-state index contributed by atoms with van der Waals surface area (Å²) >= 11 is 0. The van der Waals surface area contributed by atoms with Gasteiger partial charge in [0, 0.05) is 6.42 Å². The van der Waals surface area contributed by atoms with Gasteiger partial charge < -0.3 is 14.2 Å². The van der Waals surface area contributed by atoms with E-state index in [-0.39, 0.29) is 26.2 Å². The molecule has 6 nitrogen and oxygen atoms in total. The summed E-state index contributed by atoms with van der Waals surface area (Å²) in [7, 11) is 1.14. The molecule has 0 aliphatic carbocycles. The Bertz CT molecular complexity index is 200. The topological polar surface area (TPSA) is 78.9 Å². The lowest BCUT2D eigenvalue weighted by Crippen LogP contribution is -2.17. The molecule has 0 rings (SSSR count). The molecule has 80 valence electrons. The molecule has 0 N–H and O–H groups in total. The fourth-order valence-corrected chi connectivity index (χ4v) is 0.638. The van der Waals surface area contributed by atoms with E-state index in [9.17, 15) is 14.4 Å². The van der Waals surface area contributed by atoms with Crippen LogP contribution in [-0.2, 0) is 28.6 Å². The summed E-state index contributed by atoms with van der Waals surface area (Å²) in [5, 5.41) is 0. The maximum Gasteiger partial charge on any atom is 0.374 e. The molecule has 0 bridgehead atoms. The van der Waals surface area contributed by atoms with Crippen LogP contribution >= 0.6 is 0 Å².